The van der Waals surface area contributed by atoms with Gasteiger partial charge in [-0.05, 0) is 29.7 Å². The average molecular weight is 271 g/mol. The van der Waals surface area contributed by atoms with Crippen LogP contribution < -0.4 is 0 Å². The Balaban J connectivity index is 1.82. The molecule has 2 rings (SSSR count). The van der Waals surface area contributed by atoms with E-state index in [2.05, 4.69) is 0 Å². The van der Waals surface area contributed by atoms with Gasteiger partial charge in [-0.3, -0.25) is 9.63 Å². The number of aromatic hydroxyl groups is 1. The lowest BCUT2D eigenvalue weighted by atomic mass is 10.1. The summed E-state index contributed by atoms with van der Waals surface area (Å²) in [5.74, 6) is 0.227. The highest BCUT2D eigenvalue weighted by Crippen LogP contribution is 2.12. The molecule has 0 unspecified atom stereocenters. The van der Waals surface area contributed by atoms with Crippen LogP contribution in [-0.2, 0) is 22.7 Å². The van der Waals surface area contributed by atoms with Crippen LogP contribution in [0.25, 0.3) is 0 Å². The van der Waals surface area contributed by atoms with Crippen molar-refractivity contribution in [3.63, 3.8) is 0 Å². The van der Waals surface area contributed by atoms with Crippen molar-refractivity contribution in [3.05, 3.63) is 65.7 Å². The zero-order valence-corrected chi connectivity index (χ0v) is 11.1. The monoisotopic (exact) mass is 271 g/mol. The topological polar surface area (TPSA) is 49.8 Å². The first-order chi connectivity index (χ1) is 9.78. The Morgan fingerprint density at radius 3 is 2.50 bits per heavy atom. The van der Waals surface area contributed by atoms with Gasteiger partial charge in [-0.15, -0.1) is 0 Å². The molecule has 0 spiro atoms. The van der Waals surface area contributed by atoms with Crippen LogP contribution in [-0.4, -0.2) is 23.1 Å². The van der Waals surface area contributed by atoms with Crippen LogP contribution in [0.4, 0.5) is 0 Å². The van der Waals surface area contributed by atoms with Crippen molar-refractivity contribution in [1.29, 1.82) is 0 Å². The van der Waals surface area contributed by atoms with Crippen molar-refractivity contribution in [2.45, 2.75) is 13.0 Å². The second kappa shape index (κ2) is 7.31. The number of hydrogen-bond donors (Lipinski definition) is 1. The predicted molar refractivity (Wildman–Crippen MR) is 75.8 cm³/mol. The van der Waals surface area contributed by atoms with Gasteiger partial charge in [-0.25, -0.2) is 5.06 Å². The fraction of sp³-hybridized carbons (Fsp3) is 0.188. The van der Waals surface area contributed by atoms with E-state index in [1.807, 2.05) is 36.4 Å². The van der Waals surface area contributed by atoms with E-state index in [-0.39, 0.29) is 5.75 Å². The standard InChI is InChI=1S/C16H17NO3/c18-13-17(20-12-15-5-2-1-3-6-15)10-9-14-7-4-8-16(19)11-14/h1-8,11,13,19H,9-10,12H2. The van der Waals surface area contributed by atoms with Gasteiger partial charge in [0.2, 0.25) is 6.41 Å². The molecule has 0 saturated carbocycles. The Kier molecular flexibility index (Phi) is 5.15. The summed E-state index contributed by atoms with van der Waals surface area (Å²) in [5, 5.41) is 10.6. The van der Waals surface area contributed by atoms with Crippen molar-refractivity contribution in [1.82, 2.24) is 5.06 Å². The van der Waals surface area contributed by atoms with E-state index in [4.69, 9.17) is 4.84 Å². The molecule has 0 aliphatic heterocycles. The number of hydroxylamine groups is 2. The van der Waals surface area contributed by atoms with Crippen molar-refractivity contribution in [2.24, 2.45) is 0 Å². The average Bonchev–Trinajstić information content (AvgIpc) is 2.48. The summed E-state index contributed by atoms with van der Waals surface area (Å²) in [7, 11) is 0. The summed E-state index contributed by atoms with van der Waals surface area (Å²) in [6.07, 6.45) is 1.30. The van der Waals surface area contributed by atoms with Gasteiger partial charge >= 0.3 is 0 Å². The van der Waals surface area contributed by atoms with Crippen LogP contribution in [0.5, 0.6) is 5.75 Å². The summed E-state index contributed by atoms with van der Waals surface area (Å²) in [6.45, 7) is 0.805. The second-order valence-corrected chi connectivity index (χ2v) is 4.43. The lowest BCUT2D eigenvalue weighted by Gasteiger charge is -2.16. The van der Waals surface area contributed by atoms with Gasteiger partial charge in [0, 0.05) is 0 Å². The molecule has 1 N–H and O–H groups in total. The molecular formula is C16H17NO3. The minimum absolute atomic E-state index is 0.227. The highest BCUT2D eigenvalue weighted by Gasteiger charge is 2.04. The number of carbonyl (C=O) groups is 1. The normalized spacial score (nSPS) is 10.2. The third kappa shape index (κ3) is 4.40. The Hall–Kier alpha value is -2.33. The van der Waals surface area contributed by atoms with Crippen molar-refractivity contribution in [3.8, 4) is 5.75 Å². The zero-order valence-electron chi connectivity index (χ0n) is 11.1. The first-order valence-electron chi connectivity index (χ1n) is 6.44. The molecule has 0 radical (unpaired) electrons. The van der Waals surface area contributed by atoms with Crippen LogP contribution >= 0.6 is 0 Å². The maximum atomic E-state index is 11.0. The first kappa shape index (κ1) is 14.1. The van der Waals surface area contributed by atoms with Crippen LogP contribution in [0.15, 0.2) is 54.6 Å². The van der Waals surface area contributed by atoms with Gasteiger partial charge in [0.1, 0.15) is 12.4 Å². The first-order valence-corrected chi connectivity index (χ1v) is 6.44. The molecule has 0 atom stereocenters. The lowest BCUT2D eigenvalue weighted by molar-refractivity contribution is -0.177. The fourth-order valence-corrected chi connectivity index (χ4v) is 1.83. The minimum atomic E-state index is 0.227. The SMILES string of the molecule is O=CN(CCc1cccc(O)c1)OCc1ccccc1. The number of rotatable bonds is 7. The van der Waals surface area contributed by atoms with E-state index < -0.39 is 0 Å². The summed E-state index contributed by atoms with van der Waals surface area (Å²) in [5.41, 5.74) is 1.97. The van der Waals surface area contributed by atoms with E-state index in [0.717, 1.165) is 11.1 Å². The molecule has 4 heteroatoms. The molecule has 104 valence electrons. The second-order valence-electron chi connectivity index (χ2n) is 4.43. The van der Waals surface area contributed by atoms with Crippen LogP contribution in [0.3, 0.4) is 0 Å². The minimum Gasteiger partial charge on any atom is -0.508 e. The molecule has 0 saturated heterocycles. The summed E-state index contributed by atoms with van der Waals surface area (Å²) < 4.78 is 0. The zero-order chi connectivity index (χ0) is 14.2. The maximum absolute atomic E-state index is 11.0. The summed E-state index contributed by atoms with van der Waals surface area (Å²) in [4.78, 5) is 16.4. The number of amides is 1. The molecule has 0 heterocycles. The Labute approximate surface area is 118 Å². The Morgan fingerprint density at radius 2 is 1.80 bits per heavy atom. The van der Waals surface area contributed by atoms with Crippen molar-refractivity contribution < 1.29 is 14.7 Å². The van der Waals surface area contributed by atoms with Gasteiger partial charge in [-0.2, -0.15) is 0 Å². The molecule has 0 aliphatic carbocycles. The molecule has 0 aromatic heterocycles. The van der Waals surface area contributed by atoms with E-state index in [1.165, 1.54) is 5.06 Å². The third-order valence-corrected chi connectivity index (χ3v) is 2.89. The summed E-state index contributed by atoms with van der Waals surface area (Å²) >= 11 is 0. The molecule has 1 amide bonds. The lowest BCUT2D eigenvalue weighted by Crippen LogP contribution is -2.24. The summed E-state index contributed by atoms with van der Waals surface area (Å²) in [6, 6.07) is 16.7. The van der Waals surface area contributed by atoms with Crippen LogP contribution in [0.1, 0.15) is 11.1 Å². The van der Waals surface area contributed by atoms with Crippen LogP contribution in [0, 0.1) is 0 Å². The molecule has 0 fully saturated rings. The number of carbonyl (C=O) groups excluding carboxylic acids is 1. The molecule has 2 aromatic rings. The van der Waals surface area contributed by atoms with E-state index >= 15 is 0 Å². The molecule has 20 heavy (non-hydrogen) atoms. The van der Waals surface area contributed by atoms with Crippen molar-refractivity contribution >= 4 is 6.41 Å². The smallest absolute Gasteiger partial charge is 0.233 e. The van der Waals surface area contributed by atoms with Gasteiger partial charge in [-0.1, -0.05) is 42.5 Å². The fourth-order valence-electron chi connectivity index (χ4n) is 1.83. The largest absolute Gasteiger partial charge is 0.508 e. The van der Waals surface area contributed by atoms with Gasteiger partial charge < -0.3 is 5.11 Å². The number of hydrogen-bond acceptors (Lipinski definition) is 3. The number of nitrogens with zero attached hydrogens (tertiary/aromatic N) is 1. The molecule has 0 bridgehead atoms. The quantitative estimate of drug-likeness (QED) is 0.622. The molecule has 0 aliphatic rings. The van der Waals surface area contributed by atoms with E-state index in [9.17, 15) is 9.90 Å². The maximum Gasteiger partial charge on any atom is 0.233 e. The Bertz CT molecular complexity index is 542. The molecule has 2 aromatic carbocycles. The third-order valence-electron chi connectivity index (χ3n) is 2.89. The van der Waals surface area contributed by atoms with Gasteiger partial charge in [0.25, 0.3) is 0 Å². The predicted octanol–water partition coefficient (Wildman–Crippen LogP) is 2.52. The van der Waals surface area contributed by atoms with E-state index in [0.29, 0.717) is 26.0 Å². The van der Waals surface area contributed by atoms with Gasteiger partial charge in [0.15, 0.2) is 0 Å². The highest BCUT2D eigenvalue weighted by molar-refractivity contribution is 5.45. The molecular weight excluding hydrogens is 254 g/mol. The number of benzene rings is 2. The van der Waals surface area contributed by atoms with E-state index in [1.54, 1.807) is 18.2 Å². The highest BCUT2D eigenvalue weighted by atomic mass is 16.7. The van der Waals surface area contributed by atoms with Crippen LogP contribution in [0.2, 0.25) is 0 Å². The Morgan fingerprint density at radius 1 is 1.05 bits per heavy atom. The van der Waals surface area contributed by atoms with Gasteiger partial charge in [0.05, 0.1) is 6.54 Å². The van der Waals surface area contributed by atoms with Crippen molar-refractivity contribution in [2.75, 3.05) is 6.54 Å². The number of phenolic OH excluding ortho intramolecular Hbond substituents is 1. The number of phenols is 1. The molecule has 4 nitrogen and oxygen atoms in total.